The van der Waals surface area contributed by atoms with Crippen molar-refractivity contribution in [2.75, 3.05) is 33.4 Å². The summed E-state index contributed by atoms with van der Waals surface area (Å²) in [7, 11) is 1.62. The van der Waals surface area contributed by atoms with Gasteiger partial charge >= 0.3 is 0 Å². The Labute approximate surface area is 163 Å². The molecular formula is C22H34N2O3. The number of rotatable bonds is 8. The Kier molecular flexibility index (Phi) is 7.72. The minimum atomic E-state index is -0.0816. The number of methoxy groups -OCH3 is 1. The molecule has 5 nitrogen and oxygen atoms in total. The SMILES string of the molecule is CCOc1cc(C=CC(=O)NCC(C)(C)N2CCCC(C)C2)ccc1OC. The fourth-order valence-corrected chi connectivity index (χ4v) is 3.45. The summed E-state index contributed by atoms with van der Waals surface area (Å²) < 4.78 is 10.9. The van der Waals surface area contributed by atoms with E-state index < -0.39 is 0 Å². The van der Waals surface area contributed by atoms with Gasteiger partial charge < -0.3 is 14.8 Å². The molecule has 0 aromatic heterocycles. The van der Waals surface area contributed by atoms with Crippen LogP contribution in [0.5, 0.6) is 11.5 Å². The quantitative estimate of drug-likeness (QED) is 0.705. The molecule has 1 aliphatic heterocycles. The van der Waals surface area contributed by atoms with Crippen LogP contribution < -0.4 is 14.8 Å². The van der Waals surface area contributed by atoms with Gasteiger partial charge in [0, 0.05) is 24.7 Å². The first-order chi connectivity index (χ1) is 12.9. The number of benzene rings is 1. The van der Waals surface area contributed by atoms with Gasteiger partial charge in [-0.1, -0.05) is 13.0 Å². The largest absolute Gasteiger partial charge is 0.493 e. The molecule has 1 aliphatic rings. The topological polar surface area (TPSA) is 50.8 Å². The van der Waals surface area contributed by atoms with Crippen molar-refractivity contribution in [3.63, 3.8) is 0 Å². The minimum absolute atomic E-state index is 0.0412. The van der Waals surface area contributed by atoms with Gasteiger partial charge in [-0.3, -0.25) is 9.69 Å². The number of ether oxygens (including phenoxy) is 2. The molecule has 27 heavy (non-hydrogen) atoms. The Bertz CT molecular complexity index is 655. The van der Waals surface area contributed by atoms with E-state index in [2.05, 4.69) is 31.0 Å². The Morgan fingerprint density at radius 1 is 1.37 bits per heavy atom. The number of nitrogens with zero attached hydrogens (tertiary/aromatic N) is 1. The predicted octanol–water partition coefficient (Wildman–Crippen LogP) is 3.73. The third kappa shape index (κ3) is 6.28. The molecule has 1 atom stereocenters. The minimum Gasteiger partial charge on any atom is -0.493 e. The summed E-state index contributed by atoms with van der Waals surface area (Å²) in [5.41, 5.74) is 0.860. The van der Waals surface area contributed by atoms with Crippen LogP contribution in [0.15, 0.2) is 24.3 Å². The van der Waals surface area contributed by atoms with Crippen molar-refractivity contribution < 1.29 is 14.3 Å². The average Bonchev–Trinajstić information content (AvgIpc) is 2.65. The molecule has 2 rings (SSSR count). The van der Waals surface area contributed by atoms with Crippen molar-refractivity contribution in [2.45, 2.75) is 46.1 Å². The Morgan fingerprint density at radius 3 is 2.81 bits per heavy atom. The third-order valence-electron chi connectivity index (χ3n) is 5.12. The van der Waals surface area contributed by atoms with Crippen molar-refractivity contribution in [1.82, 2.24) is 10.2 Å². The molecule has 1 unspecified atom stereocenters. The van der Waals surface area contributed by atoms with E-state index in [9.17, 15) is 4.79 Å². The first kappa shape index (κ1) is 21.3. The van der Waals surface area contributed by atoms with Gasteiger partial charge in [0.05, 0.1) is 13.7 Å². The van der Waals surface area contributed by atoms with Crippen LogP contribution in [-0.2, 0) is 4.79 Å². The second-order valence-electron chi connectivity index (χ2n) is 7.90. The Morgan fingerprint density at radius 2 is 2.15 bits per heavy atom. The standard InChI is InChI=1S/C22H34N2O3/c1-6-27-20-14-18(9-11-19(20)26-5)10-12-21(25)23-16-22(3,4)24-13-7-8-17(2)15-24/h9-12,14,17H,6-8,13,15-16H2,1-5H3,(H,23,25). The number of amides is 1. The second kappa shape index (κ2) is 9.79. The summed E-state index contributed by atoms with van der Waals surface area (Å²) in [4.78, 5) is 14.8. The fraction of sp³-hybridized carbons (Fsp3) is 0.591. The van der Waals surface area contributed by atoms with Crippen LogP contribution in [0.25, 0.3) is 6.08 Å². The molecule has 150 valence electrons. The molecule has 1 amide bonds. The molecule has 1 heterocycles. The molecule has 0 aliphatic carbocycles. The number of hydrogen-bond donors (Lipinski definition) is 1. The zero-order chi connectivity index (χ0) is 19.9. The van der Waals surface area contributed by atoms with Crippen LogP contribution >= 0.6 is 0 Å². The van der Waals surface area contributed by atoms with E-state index in [0.29, 0.717) is 24.7 Å². The van der Waals surface area contributed by atoms with Crippen molar-refractivity contribution >= 4 is 12.0 Å². The lowest BCUT2D eigenvalue weighted by molar-refractivity contribution is -0.117. The highest BCUT2D eigenvalue weighted by Crippen LogP contribution is 2.28. The van der Waals surface area contributed by atoms with Gasteiger partial charge in [0.1, 0.15) is 0 Å². The average molecular weight is 375 g/mol. The van der Waals surface area contributed by atoms with Crippen molar-refractivity contribution in [2.24, 2.45) is 5.92 Å². The molecule has 0 bridgehead atoms. The molecule has 1 N–H and O–H groups in total. The van der Waals surface area contributed by atoms with E-state index in [4.69, 9.17) is 9.47 Å². The lowest BCUT2D eigenvalue weighted by Crippen LogP contribution is -2.54. The molecule has 0 saturated carbocycles. The smallest absolute Gasteiger partial charge is 0.244 e. The summed E-state index contributed by atoms with van der Waals surface area (Å²) in [6.07, 6.45) is 5.91. The first-order valence-electron chi connectivity index (χ1n) is 9.87. The maximum absolute atomic E-state index is 12.3. The highest BCUT2D eigenvalue weighted by Gasteiger charge is 2.30. The van der Waals surface area contributed by atoms with E-state index in [-0.39, 0.29) is 11.4 Å². The lowest BCUT2D eigenvalue weighted by atomic mass is 9.93. The molecule has 5 heteroatoms. The highest BCUT2D eigenvalue weighted by molar-refractivity contribution is 5.91. The molecule has 0 spiro atoms. The van der Waals surface area contributed by atoms with Gasteiger partial charge in [-0.05, 0) is 69.8 Å². The van der Waals surface area contributed by atoms with E-state index >= 15 is 0 Å². The van der Waals surface area contributed by atoms with Crippen molar-refractivity contribution in [3.05, 3.63) is 29.8 Å². The molecule has 1 aromatic carbocycles. The van der Waals surface area contributed by atoms with Crippen LogP contribution in [0.3, 0.4) is 0 Å². The zero-order valence-electron chi connectivity index (χ0n) is 17.4. The fourth-order valence-electron chi connectivity index (χ4n) is 3.45. The summed E-state index contributed by atoms with van der Waals surface area (Å²) in [6, 6.07) is 5.64. The Hall–Kier alpha value is -2.01. The maximum atomic E-state index is 12.3. The maximum Gasteiger partial charge on any atom is 0.244 e. The van der Waals surface area contributed by atoms with Gasteiger partial charge in [0.2, 0.25) is 5.91 Å². The lowest BCUT2D eigenvalue weighted by Gasteiger charge is -2.43. The van der Waals surface area contributed by atoms with Crippen LogP contribution in [0.1, 0.15) is 46.1 Å². The number of piperidine rings is 1. The van der Waals surface area contributed by atoms with Crippen molar-refractivity contribution in [1.29, 1.82) is 0 Å². The third-order valence-corrected chi connectivity index (χ3v) is 5.12. The monoisotopic (exact) mass is 374 g/mol. The molecule has 1 saturated heterocycles. The second-order valence-corrected chi connectivity index (χ2v) is 7.90. The number of likely N-dealkylation sites (tertiary alicyclic amines) is 1. The summed E-state index contributed by atoms with van der Waals surface area (Å²) in [5, 5.41) is 3.04. The number of hydrogen-bond acceptors (Lipinski definition) is 4. The van der Waals surface area contributed by atoms with E-state index in [1.165, 1.54) is 12.8 Å². The van der Waals surface area contributed by atoms with E-state index in [0.717, 1.165) is 24.6 Å². The van der Waals surface area contributed by atoms with Gasteiger partial charge in [0.25, 0.3) is 0 Å². The normalized spacial score (nSPS) is 18.5. The zero-order valence-corrected chi connectivity index (χ0v) is 17.4. The van der Waals surface area contributed by atoms with Crippen LogP contribution in [-0.4, -0.2) is 49.7 Å². The van der Waals surface area contributed by atoms with Gasteiger partial charge in [0.15, 0.2) is 11.5 Å². The van der Waals surface area contributed by atoms with E-state index in [1.54, 1.807) is 19.3 Å². The highest BCUT2D eigenvalue weighted by atomic mass is 16.5. The van der Waals surface area contributed by atoms with E-state index in [1.807, 2.05) is 25.1 Å². The summed E-state index contributed by atoms with van der Waals surface area (Å²) in [6.45, 7) is 12.0. The number of carbonyl (C=O) groups excluding carboxylic acids is 1. The van der Waals surface area contributed by atoms with Gasteiger partial charge in [-0.2, -0.15) is 0 Å². The van der Waals surface area contributed by atoms with Gasteiger partial charge in [-0.15, -0.1) is 0 Å². The summed E-state index contributed by atoms with van der Waals surface area (Å²) >= 11 is 0. The molecule has 0 radical (unpaired) electrons. The molecular weight excluding hydrogens is 340 g/mol. The van der Waals surface area contributed by atoms with Crippen molar-refractivity contribution in [3.8, 4) is 11.5 Å². The molecule has 1 fully saturated rings. The number of carbonyl (C=O) groups is 1. The summed E-state index contributed by atoms with van der Waals surface area (Å²) in [5.74, 6) is 2.02. The first-order valence-corrected chi connectivity index (χ1v) is 9.87. The number of nitrogens with one attached hydrogen (secondary N) is 1. The Balaban J connectivity index is 1.92. The van der Waals surface area contributed by atoms with Crippen LogP contribution in [0, 0.1) is 5.92 Å². The molecule has 1 aromatic rings. The van der Waals surface area contributed by atoms with Gasteiger partial charge in [-0.25, -0.2) is 0 Å². The van der Waals surface area contributed by atoms with Crippen LogP contribution in [0.4, 0.5) is 0 Å². The predicted molar refractivity (Wildman–Crippen MR) is 110 cm³/mol. The van der Waals surface area contributed by atoms with Crippen LogP contribution in [0.2, 0.25) is 0 Å².